The first-order valence-electron chi connectivity index (χ1n) is 5.16. The van der Waals surface area contributed by atoms with Crippen molar-refractivity contribution in [3.05, 3.63) is 11.6 Å². The summed E-state index contributed by atoms with van der Waals surface area (Å²) >= 11 is 0. The number of carbonyl (C=O) groups is 1. The van der Waals surface area contributed by atoms with Crippen molar-refractivity contribution in [1.82, 2.24) is 5.32 Å². The van der Waals surface area contributed by atoms with Crippen LogP contribution in [0.2, 0.25) is 0 Å². The zero-order valence-electron chi connectivity index (χ0n) is 8.60. The Hall–Kier alpha value is -0.790. The minimum Gasteiger partial charge on any atom is -0.356 e. The lowest BCUT2D eigenvalue weighted by atomic mass is 10.1. The third kappa shape index (κ3) is 3.62. The van der Waals surface area contributed by atoms with E-state index in [1.54, 1.807) is 0 Å². The van der Waals surface area contributed by atoms with E-state index in [9.17, 15) is 4.79 Å². The summed E-state index contributed by atoms with van der Waals surface area (Å²) in [7, 11) is 0. The fourth-order valence-electron chi connectivity index (χ4n) is 1.51. The van der Waals surface area contributed by atoms with Gasteiger partial charge in [-0.05, 0) is 25.7 Å². The van der Waals surface area contributed by atoms with Crippen molar-refractivity contribution < 1.29 is 4.79 Å². The zero-order chi connectivity index (χ0) is 9.68. The molecule has 0 aromatic carbocycles. The smallest absolute Gasteiger partial charge is 0.222 e. The molecule has 0 aromatic rings. The van der Waals surface area contributed by atoms with Crippen LogP contribution in [0.15, 0.2) is 11.6 Å². The first kappa shape index (κ1) is 10.3. The van der Waals surface area contributed by atoms with Gasteiger partial charge in [-0.3, -0.25) is 4.79 Å². The summed E-state index contributed by atoms with van der Waals surface area (Å²) < 4.78 is 0. The second kappa shape index (κ2) is 5.05. The van der Waals surface area contributed by atoms with Crippen LogP contribution in [0.1, 0.15) is 39.5 Å². The summed E-state index contributed by atoms with van der Waals surface area (Å²) in [5.74, 6) is 0.274. The van der Waals surface area contributed by atoms with Crippen LogP contribution in [0.25, 0.3) is 0 Å². The molecule has 1 rings (SSSR count). The normalized spacial score (nSPS) is 16.1. The molecule has 1 amide bonds. The van der Waals surface area contributed by atoms with E-state index in [0.29, 0.717) is 0 Å². The van der Waals surface area contributed by atoms with Gasteiger partial charge in [0.15, 0.2) is 0 Å². The van der Waals surface area contributed by atoms with Crippen LogP contribution < -0.4 is 5.32 Å². The average Bonchev–Trinajstić information content (AvgIpc) is 2.56. The molecule has 0 bridgehead atoms. The van der Waals surface area contributed by atoms with E-state index in [0.717, 1.165) is 13.0 Å². The minimum absolute atomic E-state index is 0.109. The standard InChI is InChI=1S/C11H19NO/c1-9(2)11(13)12-8-7-10-5-3-4-6-10/h5,9H,3-4,6-8H2,1-2H3,(H,12,13). The molecule has 0 fully saturated rings. The Balaban J connectivity index is 2.10. The number of amides is 1. The number of allylic oxidation sites excluding steroid dienone is 1. The summed E-state index contributed by atoms with van der Waals surface area (Å²) in [6, 6.07) is 0. The van der Waals surface area contributed by atoms with Crippen molar-refractivity contribution in [3.63, 3.8) is 0 Å². The van der Waals surface area contributed by atoms with Gasteiger partial charge in [-0.25, -0.2) is 0 Å². The summed E-state index contributed by atoms with van der Waals surface area (Å²) in [5.41, 5.74) is 1.52. The van der Waals surface area contributed by atoms with E-state index < -0.39 is 0 Å². The molecule has 1 N–H and O–H groups in total. The molecule has 0 atom stereocenters. The molecule has 2 heteroatoms. The molecular weight excluding hydrogens is 162 g/mol. The van der Waals surface area contributed by atoms with Gasteiger partial charge in [-0.15, -0.1) is 0 Å². The van der Waals surface area contributed by atoms with Gasteiger partial charge in [-0.1, -0.05) is 25.5 Å². The Morgan fingerprint density at radius 1 is 1.62 bits per heavy atom. The predicted molar refractivity (Wildman–Crippen MR) is 54.4 cm³/mol. The number of nitrogens with one attached hydrogen (secondary N) is 1. The molecule has 74 valence electrons. The van der Waals surface area contributed by atoms with Crippen LogP contribution >= 0.6 is 0 Å². The van der Waals surface area contributed by atoms with Crippen molar-refractivity contribution in [1.29, 1.82) is 0 Å². The maximum Gasteiger partial charge on any atom is 0.222 e. The summed E-state index contributed by atoms with van der Waals surface area (Å²) in [6.45, 7) is 4.65. The van der Waals surface area contributed by atoms with Crippen molar-refractivity contribution in [2.45, 2.75) is 39.5 Å². The first-order chi connectivity index (χ1) is 6.20. The Bertz CT molecular complexity index is 206. The highest BCUT2D eigenvalue weighted by Gasteiger charge is 2.07. The molecule has 0 unspecified atom stereocenters. The van der Waals surface area contributed by atoms with Gasteiger partial charge in [0.1, 0.15) is 0 Å². The molecule has 1 aliphatic rings. The maximum absolute atomic E-state index is 11.2. The Morgan fingerprint density at radius 3 is 2.92 bits per heavy atom. The van der Waals surface area contributed by atoms with E-state index in [4.69, 9.17) is 0 Å². The highest BCUT2D eigenvalue weighted by Crippen LogP contribution is 2.19. The third-order valence-corrected chi connectivity index (χ3v) is 2.40. The van der Waals surface area contributed by atoms with Crippen LogP contribution in [0.3, 0.4) is 0 Å². The number of rotatable bonds is 4. The summed E-state index contributed by atoms with van der Waals surface area (Å²) in [4.78, 5) is 11.2. The highest BCUT2D eigenvalue weighted by molar-refractivity contribution is 5.77. The van der Waals surface area contributed by atoms with Crippen LogP contribution in [-0.2, 0) is 4.79 Å². The molecule has 13 heavy (non-hydrogen) atoms. The predicted octanol–water partition coefficient (Wildman–Crippen LogP) is 2.26. The van der Waals surface area contributed by atoms with E-state index in [-0.39, 0.29) is 11.8 Å². The van der Waals surface area contributed by atoms with Crippen LogP contribution in [0, 0.1) is 5.92 Å². The van der Waals surface area contributed by atoms with Gasteiger partial charge >= 0.3 is 0 Å². The van der Waals surface area contributed by atoms with Gasteiger partial charge in [0.25, 0.3) is 0 Å². The van der Waals surface area contributed by atoms with Crippen molar-refractivity contribution in [3.8, 4) is 0 Å². The van der Waals surface area contributed by atoms with Crippen LogP contribution in [-0.4, -0.2) is 12.5 Å². The lowest BCUT2D eigenvalue weighted by Gasteiger charge is -2.07. The van der Waals surface area contributed by atoms with Gasteiger partial charge in [0.05, 0.1) is 0 Å². The van der Waals surface area contributed by atoms with Gasteiger partial charge in [0.2, 0.25) is 5.91 Å². The molecule has 0 spiro atoms. The topological polar surface area (TPSA) is 29.1 Å². The molecule has 0 saturated carbocycles. The SMILES string of the molecule is CC(C)C(=O)NCCC1=CCCC1. The quantitative estimate of drug-likeness (QED) is 0.662. The van der Waals surface area contributed by atoms with E-state index in [1.165, 1.54) is 24.8 Å². The highest BCUT2D eigenvalue weighted by atomic mass is 16.1. The Kier molecular flexibility index (Phi) is 4.00. The number of carbonyl (C=O) groups excluding carboxylic acids is 1. The van der Waals surface area contributed by atoms with E-state index in [1.807, 2.05) is 13.8 Å². The molecular formula is C11H19NO. The third-order valence-electron chi connectivity index (χ3n) is 2.40. The number of hydrogen-bond acceptors (Lipinski definition) is 1. The van der Waals surface area contributed by atoms with Crippen molar-refractivity contribution >= 4 is 5.91 Å². The summed E-state index contributed by atoms with van der Waals surface area (Å²) in [5, 5.41) is 2.93. The van der Waals surface area contributed by atoms with Crippen LogP contribution in [0.5, 0.6) is 0 Å². The van der Waals surface area contributed by atoms with Crippen molar-refractivity contribution in [2.75, 3.05) is 6.54 Å². The summed E-state index contributed by atoms with van der Waals surface area (Å²) in [6.07, 6.45) is 7.11. The number of hydrogen-bond donors (Lipinski definition) is 1. The molecule has 0 aliphatic heterocycles. The Morgan fingerprint density at radius 2 is 2.38 bits per heavy atom. The second-order valence-electron chi connectivity index (χ2n) is 3.95. The monoisotopic (exact) mass is 181 g/mol. The molecule has 0 saturated heterocycles. The lowest BCUT2D eigenvalue weighted by Crippen LogP contribution is -2.28. The fraction of sp³-hybridized carbons (Fsp3) is 0.727. The fourth-order valence-corrected chi connectivity index (χ4v) is 1.51. The van der Waals surface area contributed by atoms with Gasteiger partial charge < -0.3 is 5.32 Å². The van der Waals surface area contributed by atoms with Gasteiger partial charge in [0, 0.05) is 12.5 Å². The molecule has 1 aliphatic carbocycles. The minimum atomic E-state index is 0.109. The molecule has 0 radical (unpaired) electrons. The molecule has 2 nitrogen and oxygen atoms in total. The average molecular weight is 181 g/mol. The van der Waals surface area contributed by atoms with Crippen LogP contribution in [0.4, 0.5) is 0 Å². The zero-order valence-corrected chi connectivity index (χ0v) is 8.60. The second-order valence-corrected chi connectivity index (χ2v) is 3.95. The maximum atomic E-state index is 11.2. The molecule has 0 aromatic heterocycles. The van der Waals surface area contributed by atoms with E-state index in [2.05, 4.69) is 11.4 Å². The van der Waals surface area contributed by atoms with Gasteiger partial charge in [-0.2, -0.15) is 0 Å². The lowest BCUT2D eigenvalue weighted by molar-refractivity contribution is -0.123. The molecule has 0 heterocycles. The van der Waals surface area contributed by atoms with E-state index >= 15 is 0 Å². The van der Waals surface area contributed by atoms with Crippen molar-refractivity contribution in [2.24, 2.45) is 5.92 Å². The Labute approximate surface area is 80.4 Å². The largest absolute Gasteiger partial charge is 0.356 e. The first-order valence-corrected chi connectivity index (χ1v) is 5.16.